The van der Waals surface area contributed by atoms with Crippen LogP contribution in [0.4, 0.5) is 0 Å². The molecule has 1 saturated heterocycles. The van der Waals surface area contributed by atoms with Crippen LogP contribution in [0.2, 0.25) is 0 Å². The van der Waals surface area contributed by atoms with Crippen LogP contribution in [0.5, 0.6) is 0 Å². The van der Waals surface area contributed by atoms with Crippen LogP contribution in [-0.4, -0.2) is 37.2 Å². The summed E-state index contributed by atoms with van der Waals surface area (Å²) < 4.78 is 0. The van der Waals surface area contributed by atoms with E-state index in [0.29, 0.717) is 6.17 Å². The Morgan fingerprint density at radius 3 is 2.94 bits per heavy atom. The molecule has 0 aliphatic carbocycles. The van der Waals surface area contributed by atoms with Gasteiger partial charge in [0.1, 0.15) is 0 Å². The molecule has 0 amide bonds. The molecule has 1 fully saturated rings. The van der Waals surface area contributed by atoms with Gasteiger partial charge in [0.15, 0.2) is 0 Å². The van der Waals surface area contributed by atoms with Gasteiger partial charge in [0.25, 0.3) is 0 Å². The minimum absolute atomic E-state index is 0.453. The molecule has 1 aliphatic rings. The molecule has 2 N–H and O–H groups in total. The minimum Gasteiger partial charge on any atom is -0.301 e. The van der Waals surface area contributed by atoms with Gasteiger partial charge in [-0.3, -0.25) is 10.2 Å². The lowest BCUT2D eigenvalue weighted by atomic mass is 10.2. The summed E-state index contributed by atoms with van der Waals surface area (Å²) in [5.41, 5.74) is 1.41. The van der Waals surface area contributed by atoms with Gasteiger partial charge in [-0.2, -0.15) is 0 Å². The van der Waals surface area contributed by atoms with Crippen LogP contribution in [0.3, 0.4) is 0 Å². The highest BCUT2D eigenvalue weighted by atomic mass is 15.3. The second-order valence-corrected chi connectivity index (χ2v) is 5.04. The first-order chi connectivity index (χ1) is 8.88. The number of hydrogen-bond acceptors (Lipinski definition) is 3. The van der Waals surface area contributed by atoms with E-state index in [1.807, 2.05) is 0 Å². The predicted molar refractivity (Wildman–Crippen MR) is 76.4 cm³/mol. The highest BCUT2D eigenvalue weighted by molar-refractivity contribution is 5.14. The maximum Gasteiger partial charge on any atom is 0.0703 e. The highest BCUT2D eigenvalue weighted by Crippen LogP contribution is 2.06. The molecule has 1 aromatic rings. The molecule has 0 bridgehead atoms. The number of nitrogens with one attached hydrogen (secondary N) is 2. The molecule has 0 saturated carbocycles. The zero-order chi connectivity index (χ0) is 12.6. The lowest BCUT2D eigenvalue weighted by Crippen LogP contribution is -2.56. The SMILES string of the molecule is CCCCNC1CN(Cc2ccccc2)CCN1. The topological polar surface area (TPSA) is 27.3 Å². The number of unbranched alkanes of at least 4 members (excludes halogenated alkanes) is 1. The molecule has 1 aliphatic heterocycles. The quantitative estimate of drug-likeness (QED) is 0.751. The fourth-order valence-corrected chi connectivity index (χ4v) is 2.39. The summed E-state index contributed by atoms with van der Waals surface area (Å²) >= 11 is 0. The zero-order valence-corrected chi connectivity index (χ0v) is 11.4. The Kier molecular flexibility index (Phi) is 5.65. The van der Waals surface area contributed by atoms with E-state index in [1.165, 1.54) is 18.4 Å². The van der Waals surface area contributed by atoms with E-state index in [2.05, 4.69) is 52.8 Å². The Morgan fingerprint density at radius 1 is 1.33 bits per heavy atom. The fourth-order valence-electron chi connectivity index (χ4n) is 2.39. The van der Waals surface area contributed by atoms with Crippen LogP contribution in [0.1, 0.15) is 25.3 Å². The molecule has 2 rings (SSSR count). The molecular formula is C15H25N3. The van der Waals surface area contributed by atoms with E-state index >= 15 is 0 Å². The van der Waals surface area contributed by atoms with E-state index in [0.717, 1.165) is 32.7 Å². The highest BCUT2D eigenvalue weighted by Gasteiger charge is 2.18. The molecule has 1 heterocycles. The first kappa shape index (κ1) is 13.5. The van der Waals surface area contributed by atoms with Crippen LogP contribution in [-0.2, 0) is 6.54 Å². The van der Waals surface area contributed by atoms with Crippen molar-refractivity contribution in [1.82, 2.24) is 15.5 Å². The Labute approximate surface area is 111 Å². The first-order valence-electron chi connectivity index (χ1n) is 7.11. The number of nitrogens with zero attached hydrogens (tertiary/aromatic N) is 1. The summed E-state index contributed by atoms with van der Waals surface area (Å²) in [6.07, 6.45) is 2.97. The summed E-state index contributed by atoms with van der Waals surface area (Å²) in [6, 6.07) is 10.7. The van der Waals surface area contributed by atoms with Gasteiger partial charge < -0.3 is 5.32 Å². The van der Waals surface area contributed by atoms with Gasteiger partial charge in [-0.25, -0.2) is 0 Å². The third kappa shape index (κ3) is 4.41. The monoisotopic (exact) mass is 247 g/mol. The molecule has 3 nitrogen and oxygen atoms in total. The van der Waals surface area contributed by atoms with Crippen molar-refractivity contribution in [3.63, 3.8) is 0 Å². The van der Waals surface area contributed by atoms with Crippen molar-refractivity contribution in [2.75, 3.05) is 26.2 Å². The van der Waals surface area contributed by atoms with Crippen LogP contribution < -0.4 is 10.6 Å². The molecule has 18 heavy (non-hydrogen) atoms. The summed E-state index contributed by atoms with van der Waals surface area (Å²) in [6.45, 7) is 7.73. The average Bonchev–Trinajstić information content (AvgIpc) is 2.41. The molecule has 1 unspecified atom stereocenters. The van der Waals surface area contributed by atoms with E-state index < -0.39 is 0 Å². The van der Waals surface area contributed by atoms with Gasteiger partial charge in [-0.15, -0.1) is 0 Å². The molecule has 0 radical (unpaired) electrons. The summed E-state index contributed by atoms with van der Waals surface area (Å²) in [7, 11) is 0. The van der Waals surface area contributed by atoms with Gasteiger partial charge in [0.05, 0.1) is 6.17 Å². The van der Waals surface area contributed by atoms with Crippen LogP contribution in [0.15, 0.2) is 30.3 Å². The van der Waals surface area contributed by atoms with Gasteiger partial charge in [-0.05, 0) is 18.5 Å². The van der Waals surface area contributed by atoms with Crippen molar-refractivity contribution < 1.29 is 0 Å². The molecular weight excluding hydrogens is 222 g/mol. The average molecular weight is 247 g/mol. The Morgan fingerprint density at radius 2 is 2.17 bits per heavy atom. The Balaban J connectivity index is 1.76. The number of hydrogen-bond donors (Lipinski definition) is 2. The first-order valence-corrected chi connectivity index (χ1v) is 7.11. The summed E-state index contributed by atoms with van der Waals surface area (Å²) in [5.74, 6) is 0. The minimum atomic E-state index is 0.453. The van der Waals surface area contributed by atoms with Gasteiger partial charge in [0.2, 0.25) is 0 Å². The maximum atomic E-state index is 3.59. The zero-order valence-electron chi connectivity index (χ0n) is 11.4. The van der Waals surface area contributed by atoms with Crippen molar-refractivity contribution in [1.29, 1.82) is 0 Å². The Hall–Kier alpha value is -0.900. The maximum absolute atomic E-state index is 3.59. The molecule has 1 atom stereocenters. The van der Waals surface area contributed by atoms with E-state index in [9.17, 15) is 0 Å². The van der Waals surface area contributed by atoms with E-state index in [-0.39, 0.29) is 0 Å². The molecule has 0 aromatic heterocycles. The Bertz CT molecular complexity index is 326. The van der Waals surface area contributed by atoms with Gasteiger partial charge in [-0.1, -0.05) is 43.7 Å². The summed E-state index contributed by atoms with van der Waals surface area (Å²) in [4.78, 5) is 2.52. The number of rotatable bonds is 6. The lowest BCUT2D eigenvalue weighted by molar-refractivity contribution is 0.174. The van der Waals surface area contributed by atoms with Crippen molar-refractivity contribution in [2.45, 2.75) is 32.5 Å². The second-order valence-electron chi connectivity index (χ2n) is 5.04. The number of piperazine rings is 1. The normalized spacial score (nSPS) is 21.1. The number of benzene rings is 1. The van der Waals surface area contributed by atoms with Gasteiger partial charge in [0, 0.05) is 26.2 Å². The third-order valence-electron chi connectivity index (χ3n) is 3.43. The molecule has 3 heteroatoms. The fraction of sp³-hybridized carbons (Fsp3) is 0.600. The molecule has 0 spiro atoms. The standard InChI is InChI=1S/C15H25N3/c1-2-3-9-16-15-13-18(11-10-17-15)12-14-7-5-4-6-8-14/h4-8,15-17H,2-3,9-13H2,1H3. The van der Waals surface area contributed by atoms with Gasteiger partial charge >= 0.3 is 0 Å². The van der Waals surface area contributed by atoms with Crippen molar-refractivity contribution >= 4 is 0 Å². The largest absolute Gasteiger partial charge is 0.301 e. The molecule has 1 aromatic carbocycles. The van der Waals surface area contributed by atoms with Crippen LogP contribution >= 0.6 is 0 Å². The molecule has 100 valence electrons. The van der Waals surface area contributed by atoms with Crippen molar-refractivity contribution in [2.24, 2.45) is 0 Å². The van der Waals surface area contributed by atoms with Crippen LogP contribution in [0, 0.1) is 0 Å². The lowest BCUT2D eigenvalue weighted by Gasteiger charge is -2.34. The van der Waals surface area contributed by atoms with Crippen LogP contribution in [0.25, 0.3) is 0 Å². The third-order valence-corrected chi connectivity index (χ3v) is 3.43. The van der Waals surface area contributed by atoms with E-state index in [1.54, 1.807) is 0 Å². The predicted octanol–water partition coefficient (Wildman–Crippen LogP) is 1.81. The van der Waals surface area contributed by atoms with E-state index in [4.69, 9.17) is 0 Å². The summed E-state index contributed by atoms with van der Waals surface area (Å²) in [5, 5.41) is 7.13. The second kappa shape index (κ2) is 7.52. The van der Waals surface area contributed by atoms with Crippen molar-refractivity contribution in [3.8, 4) is 0 Å². The van der Waals surface area contributed by atoms with Crippen molar-refractivity contribution in [3.05, 3.63) is 35.9 Å². The smallest absolute Gasteiger partial charge is 0.0703 e.